The number of anilines is 1. The fourth-order valence-corrected chi connectivity index (χ4v) is 2.41. The predicted octanol–water partition coefficient (Wildman–Crippen LogP) is 3.06. The maximum Gasteiger partial charge on any atom is 0.268 e. The van der Waals surface area contributed by atoms with E-state index in [1.54, 1.807) is 0 Å². The lowest BCUT2D eigenvalue weighted by molar-refractivity contribution is -0.139. The number of benzene rings is 1. The van der Waals surface area contributed by atoms with E-state index in [-0.39, 0.29) is 5.91 Å². The summed E-state index contributed by atoms with van der Waals surface area (Å²) in [7, 11) is 0. The number of fused-ring (bicyclic) bond motifs is 1. The van der Waals surface area contributed by atoms with Crippen molar-refractivity contribution in [2.24, 2.45) is 0 Å². The zero-order valence-corrected chi connectivity index (χ0v) is 10.2. The van der Waals surface area contributed by atoms with E-state index in [1.165, 1.54) is 5.56 Å². The maximum atomic E-state index is 11.9. The van der Waals surface area contributed by atoms with Crippen LogP contribution in [0.2, 0.25) is 0 Å². The average Bonchev–Trinajstić information content (AvgIpc) is 2.25. The summed E-state index contributed by atoms with van der Waals surface area (Å²) in [4.78, 5) is 11.9. The van der Waals surface area contributed by atoms with Crippen molar-refractivity contribution in [1.29, 1.82) is 0 Å². The normalized spacial score (nSPS) is 20.5. The second kappa shape index (κ2) is 3.49. The van der Waals surface area contributed by atoms with Crippen LogP contribution in [0.3, 0.4) is 0 Å². The number of rotatable bonds is 1. The first-order valence-electron chi connectivity index (χ1n) is 6.25. The standard InChI is InChI=1S/C14H17NO2/c1-9(2)10-4-5-11-12(8-10)17-14(6-3-7-14)13(16)15-11/h4-5,8-9H,3,6-7H2,1-2H3,(H,15,16). The average molecular weight is 231 g/mol. The third-order valence-electron chi connectivity index (χ3n) is 3.80. The molecule has 1 heterocycles. The SMILES string of the molecule is CC(C)c1ccc2c(c1)OC1(CCC1)C(=O)N2. The van der Waals surface area contributed by atoms with E-state index in [4.69, 9.17) is 4.74 Å². The Balaban J connectivity index is 1.98. The van der Waals surface area contributed by atoms with Crippen molar-refractivity contribution in [3.05, 3.63) is 23.8 Å². The fraction of sp³-hybridized carbons (Fsp3) is 0.500. The summed E-state index contributed by atoms with van der Waals surface area (Å²) < 4.78 is 5.95. The molecule has 1 spiro atoms. The molecule has 1 aliphatic heterocycles. The van der Waals surface area contributed by atoms with Crippen molar-refractivity contribution < 1.29 is 9.53 Å². The fourth-order valence-electron chi connectivity index (χ4n) is 2.41. The zero-order chi connectivity index (χ0) is 12.0. The Morgan fingerprint density at radius 2 is 2.12 bits per heavy atom. The number of carbonyl (C=O) groups is 1. The first kappa shape index (κ1) is 10.6. The van der Waals surface area contributed by atoms with Gasteiger partial charge in [-0.3, -0.25) is 4.79 Å². The number of carbonyl (C=O) groups excluding carboxylic acids is 1. The molecule has 1 amide bonds. The van der Waals surface area contributed by atoms with Gasteiger partial charge in [0.1, 0.15) is 5.75 Å². The van der Waals surface area contributed by atoms with Crippen LogP contribution in [0.25, 0.3) is 0 Å². The van der Waals surface area contributed by atoms with Crippen LogP contribution in [0, 0.1) is 0 Å². The molecule has 0 atom stereocenters. The Kier molecular flexibility index (Phi) is 2.18. The monoisotopic (exact) mass is 231 g/mol. The Bertz CT molecular complexity index is 475. The van der Waals surface area contributed by atoms with Crippen molar-refractivity contribution in [3.8, 4) is 5.75 Å². The van der Waals surface area contributed by atoms with Gasteiger partial charge in [-0.25, -0.2) is 0 Å². The van der Waals surface area contributed by atoms with Gasteiger partial charge >= 0.3 is 0 Å². The maximum absolute atomic E-state index is 11.9. The van der Waals surface area contributed by atoms with Crippen molar-refractivity contribution in [2.75, 3.05) is 5.32 Å². The van der Waals surface area contributed by atoms with Gasteiger partial charge in [-0.2, -0.15) is 0 Å². The molecule has 17 heavy (non-hydrogen) atoms. The highest BCUT2D eigenvalue weighted by Crippen LogP contribution is 2.44. The molecule has 2 aliphatic rings. The van der Waals surface area contributed by atoms with Gasteiger partial charge in [-0.05, 0) is 42.9 Å². The second-order valence-electron chi connectivity index (χ2n) is 5.31. The van der Waals surface area contributed by atoms with Gasteiger partial charge in [0.25, 0.3) is 5.91 Å². The minimum absolute atomic E-state index is 0.0218. The molecule has 0 saturated heterocycles. The van der Waals surface area contributed by atoms with E-state index < -0.39 is 5.60 Å². The molecule has 3 heteroatoms. The first-order chi connectivity index (χ1) is 8.11. The molecule has 1 aromatic rings. The van der Waals surface area contributed by atoms with Gasteiger partial charge in [0.05, 0.1) is 5.69 Å². The molecule has 1 aliphatic carbocycles. The third kappa shape index (κ3) is 1.53. The van der Waals surface area contributed by atoms with Crippen molar-refractivity contribution in [2.45, 2.75) is 44.6 Å². The van der Waals surface area contributed by atoms with Gasteiger partial charge in [-0.15, -0.1) is 0 Å². The van der Waals surface area contributed by atoms with Crippen LogP contribution in [0.15, 0.2) is 18.2 Å². The topological polar surface area (TPSA) is 38.3 Å². The van der Waals surface area contributed by atoms with E-state index in [2.05, 4.69) is 25.2 Å². The number of nitrogens with one attached hydrogen (secondary N) is 1. The van der Waals surface area contributed by atoms with Crippen LogP contribution in [-0.2, 0) is 4.79 Å². The van der Waals surface area contributed by atoms with Crippen LogP contribution >= 0.6 is 0 Å². The molecule has 0 aromatic heterocycles. The largest absolute Gasteiger partial charge is 0.475 e. The van der Waals surface area contributed by atoms with Crippen LogP contribution in [0.5, 0.6) is 5.75 Å². The van der Waals surface area contributed by atoms with Gasteiger partial charge in [0.2, 0.25) is 0 Å². The van der Waals surface area contributed by atoms with Gasteiger partial charge in [0, 0.05) is 0 Å². The number of hydrogen-bond acceptors (Lipinski definition) is 2. The van der Waals surface area contributed by atoms with E-state index in [0.717, 1.165) is 30.7 Å². The lowest BCUT2D eigenvalue weighted by Gasteiger charge is -2.43. The lowest BCUT2D eigenvalue weighted by atomic mass is 9.78. The van der Waals surface area contributed by atoms with Gasteiger partial charge in [0.15, 0.2) is 5.60 Å². The number of hydrogen-bond donors (Lipinski definition) is 1. The van der Waals surface area contributed by atoms with Crippen molar-refractivity contribution >= 4 is 11.6 Å². The number of amides is 1. The summed E-state index contributed by atoms with van der Waals surface area (Å²) >= 11 is 0. The van der Waals surface area contributed by atoms with E-state index >= 15 is 0 Å². The van der Waals surface area contributed by atoms with E-state index in [1.807, 2.05) is 12.1 Å². The Hall–Kier alpha value is -1.51. The summed E-state index contributed by atoms with van der Waals surface area (Å²) in [5.41, 5.74) is 1.48. The molecule has 0 radical (unpaired) electrons. The zero-order valence-electron chi connectivity index (χ0n) is 10.2. The predicted molar refractivity (Wildman–Crippen MR) is 66.4 cm³/mol. The Morgan fingerprint density at radius 1 is 1.35 bits per heavy atom. The minimum atomic E-state index is -0.567. The van der Waals surface area contributed by atoms with E-state index in [0.29, 0.717) is 5.92 Å². The minimum Gasteiger partial charge on any atom is -0.475 e. The second-order valence-corrected chi connectivity index (χ2v) is 5.31. The Labute approximate surface area is 101 Å². The molecule has 3 nitrogen and oxygen atoms in total. The molecule has 1 N–H and O–H groups in total. The molecule has 1 fully saturated rings. The molecule has 3 rings (SSSR count). The van der Waals surface area contributed by atoms with Crippen molar-refractivity contribution in [3.63, 3.8) is 0 Å². The van der Waals surface area contributed by atoms with Crippen LogP contribution in [0.1, 0.15) is 44.6 Å². The molecule has 90 valence electrons. The molecule has 0 bridgehead atoms. The quantitative estimate of drug-likeness (QED) is 0.806. The highest BCUT2D eigenvalue weighted by atomic mass is 16.5. The summed E-state index contributed by atoms with van der Waals surface area (Å²) in [5.74, 6) is 1.32. The number of ether oxygens (including phenoxy) is 1. The van der Waals surface area contributed by atoms with Gasteiger partial charge in [-0.1, -0.05) is 19.9 Å². The van der Waals surface area contributed by atoms with Crippen LogP contribution < -0.4 is 10.1 Å². The first-order valence-corrected chi connectivity index (χ1v) is 6.25. The summed E-state index contributed by atoms with van der Waals surface area (Å²) in [6.07, 6.45) is 2.75. The molecule has 1 aromatic carbocycles. The molecule has 1 saturated carbocycles. The Morgan fingerprint density at radius 3 is 2.71 bits per heavy atom. The van der Waals surface area contributed by atoms with E-state index in [9.17, 15) is 4.79 Å². The molecule has 0 unspecified atom stereocenters. The molecular weight excluding hydrogens is 214 g/mol. The van der Waals surface area contributed by atoms with Crippen molar-refractivity contribution in [1.82, 2.24) is 0 Å². The third-order valence-corrected chi connectivity index (χ3v) is 3.80. The highest BCUT2D eigenvalue weighted by Gasteiger charge is 2.49. The van der Waals surface area contributed by atoms with Gasteiger partial charge < -0.3 is 10.1 Å². The summed E-state index contributed by atoms with van der Waals surface area (Å²) in [6.45, 7) is 4.31. The summed E-state index contributed by atoms with van der Waals surface area (Å²) in [5, 5.41) is 2.95. The molecular formula is C14H17NO2. The summed E-state index contributed by atoms with van der Waals surface area (Å²) in [6, 6.07) is 6.04. The lowest BCUT2D eigenvalue weighted by Crippen LogP contribution is -2.55. The highest BCUT2D eigenvalue weighted by molar-refractivity contribution is 6.01. The van der Waals surface area contributed by atoms with Crippen LogP contribution in [0.4, 0.5) is 5.69 Å². The smallest absolute Gasteiger partial charge is 0.268 e. The van der Waals surface area contributed by atoms with Crippen LogP contribution in [-0.4, -0.2) is 11.5 Å².